The fraction of sp³-hybridized carbons (Fsp3) is 0.160. The third-order valence-corrected chi connectivity index (χ3v) is 5.73. The summed E-state index contributed by atoms with van der Waals surface area (Å²) in [5, 5.41) is 5.87. The lowest BCUT2D eigenvalue weighted by Gasteiger charge is -2.14. The van der Waals surface area contributed by atoms with E-state index in [1.165, 1.54) is 18.7 Å². The Bertz CT molecular complexity index is 1130. The summed E-state index contributed by atoms with van der Waals surface area (Å²) in [6, 6.07) is 22.5. The van der Waals surface area contributed by atoms with Crippen molar-refractivity contribution >= 4 is 46.8 Å². The Kier molecular flexibility index (Phi) is 9.37. The minimum Gasteiger partial charge on any atom is -0.484 e. The average Bonchev–Trinajstić information content (AvgIpc) is 2.84. The van der Waals surface area contributed by atoms with E-state index in [0.717, 1.165) is 9.79 Å². The van der Waals surface area contributed by atoms with Crippen LogP contribution in [-0.2, 0) is 19.1 Å². The van der Waals surface area contributed by atoms with Gasteiger partial charge in [-0.2, -0.15) is 0 Å². The molecule has 0 radical (unpaired) electrons. The van der Waals surface area contributed by atoms with E-state index < -0.39 is 30.4 Å². The standard InChI is InChI=1S/C25H23ClN2O5S/c1-17(27-23(29)15-32-19-7-3-2-4-8-19)25(31)33-16-24(30)28-21-9-5-6-10-22(21)34-20-13-11-18(26)12-14-20/h2-14,17H,15-16H2,1H3,(H,27,29)(H,28,30). The van der Waals surface area contributed by atoms with Gasteiger partial charge in [0.15, 0.2) is 13.2 Å². The van der Waals surface area contributed by atoms with E-state index in [-0.39, 0.29) is 6.61 Å². The molecule has 3 rings (SSSR count). The summed E-state index contributed by atoms with van der Waals surface area (Å²) in [7, 11) is 0. The number of carbonyl (C=O) groups excluding carboxylic acids is 3. The second kappa shape index (κ2) is 12.7. The molecule has 2 N–H and O–H groups in total. The van der Waals surface area contributed by atoms with Crippen LogP contribution >= 0.6 is 23.4 Å². The number of nitrogens with one attached hydrogen (secondary N) is 2. The molecule has 0 heterocycles. The Hall–Kier alpha value is -3.49. The Balaban J connectivity index is 1.44. The van der Waals surface area contributed by atoms with Gasteiger partial charge < -0.3 is 20.1 Å². The molecule has 0 spiro atoms. The lowest BCUT2D eigenvalue weighted by atomic mass is 10.3. The first kappa shape index (κ1) is 25.1. The van der Waals surface area contributed by atoms with Gasteiger partial charge in [-0.3, -0.25) is 9.59 Å². The molecule has 0 fully saturated rings. The van der Waals surface area contributed by atoms with E-state index in [1.807, 2.05) is 30.3 Å². The number of anilines is 1. The molecular formula is C25H23ClN2O5S. The minimum atomic E-state index is -0.938. The maximum absolute atomic E-state index is 12.3. The van der Waals surface area contributed by atoms with E-state index in [1.54, 1.807) is 48.5 Å². The van der Waals surface area contributed by atoms with Crippen LogP contribution in [0.25, 0.3) is 0 Å². The maximum Gasteiger partial charge on any atom is 0.328 e. The second-order valence-corrected chi connectivity index (χ2v) is 8.65. The Labute approximate surface area is 206 Å². The number of rotatable bonds is 10. The van der Waals surface area contributed by atoms with Gasteiger partial charge in [0.2, 0.25) is 0 Å². The summed E-state index contributed by atoms with van der Waals surface area (Å²) in [5.74, 6) is -1.17. The molecule has 176 valence electrons. The van der Waals surface area contributed by atoms with Gasteiger partial charge in [-0.25, -0.2) is 4.79 Å². The predicted octanol–water partition coefficient (Wildman–Crippen LogP) is 4.56. The van der Waals surface area contributed by atoms with Gasteiger partial charge in [-0.05, 0) is 55.5 Å². The monoisotopic (exact) mass is 498 g/mol. The van der Waals surface area contributed by atoms with Crippen molar-refractivity contribution < 1.29 is 23.9 Å². The number of ether oxygens (including phenoxy) is 2. The van der Waals surface area contributed by atoms with Gasteiger partial charge in [0.1, 0.15) is 11.8 Å². The number of hydrogen-bond acceptors (Lipinski definition) is 6. The summed E-state index contributed by atoms with van der Waals surface area (Å²) in [6.45, 7) is 0.738. The fourth-order valence-electron chi connectivity index (χ4n) is 2.74. The molecule has 34 heavy (non-hydrogen) atoms. The fourth-order valence-corrected chi connectivity index (χ4v) is 3.77. The van der Waals surface area contributed by atoms with Crippen LogP contribution in [0.1, 0.15) is 6.92 Å². The van der Waals surface area contributed by atoms with E-state index in [2.05, 4.69) is 10.6 Å². The molecule has 0 aliphatic rings. The van der Waals surface area contributed by atoms with Crippen LogP contribution in [0.4, 0.5) is 5.69 Å². The van der Waals surface area contributed by atoms with Crippen molar-refractivity contribution in [3.63, 3.8) is 0 Å². The molecule has 0 aliphatic heterocycles. The molecule has 0 saturated heterocycles. The van der Waals surface area contributed by atoms with E-state index in [0.29, 0.717) is 16.5 Å². The number of halogens is 1. The molecule has 7 nitrogen and oxygen atoms in total. The highest BCUT2D eigenvalue weighted by Gasteiger charge is 2.19. The normalized spacial score (nSPS) is 11.2. The van der Waals surface area contributed by atoms with E-state index in [4.69, 9.17) is 21.1 Å². The SMILES string of the molecule is CC(NC(=O)COc1ccccc1)C(=O)OCC(=O)Nc1ccccc1Sc1ccc(Cl)cc1. The van der Waals surface area contributed by atoms with Crippen LogP contribution in [-0.4, -0.2) is 37.0 Å². The number of esters is 1. The van der Waals surface area contributed by atoms with Gasteiger partial charge >= 0.3 is 5.97 Å². The topological polar surface area (TPSA) is 93.7 Å². The molecule has 0 aliphatic carbocycles. The molecule has 0 bridgehead atoms. The van der Waals surface area contributed by atoms with Gasteiger partial charge in [0.05, 0.1) is 5.69 Å². The smallest absolute Gasteiger partial charge is 0.328 e. The van der Waals surface area contributed by atoms with E-state index in [9.17, 15) is 14.4 Å². The van der Waals surface area contributed by atoms with Gasteiger partial charge in [-0.1, -0.05) is 53.7 Å². The van der Waals surface area contributed by atoms with Crippen LogP contribution in [0.2, 0.25) is 5.02 Å². The van der Waals surface area contributed by atoms with Crippen molar-refractivity contribution in [3.05, 3.63) is 83.9 Å². The first-order valence-electron chi connectivity index (χ1n) is 10.4. The molecule has 1 unspecified atom stereocenters. The third kappa shape index (κ3) is 8.13. The van der Waals surface area contributed by atoms with E-state index >= 15 is 0 Å². The summed E-state index contributed by atoms with van der Waals surface area (Å²) in [5.41, 5.74) is 0.586. The van der Waals surface area contributed by atoms with Crippen molar-refractivity contribution in [1.29, 1.82) is 0 Å². The highest BCUT2D eigenvalue weighted by molar-refractivity contribution is 7.99. The Morgan fingerprint density at radius 3 is 2.29 bits per heavy atom. The maximum atomic E-state index is 12.3. The molecule has 2 amide bonds. The summed E-state index contributed by atoms with van der Waals surface area (Å²) in [4.78, 5) is 38.3. The molecule has 0 aromatic heterocycles. The summed E-state index contributed by atoms with van der Waals surface area (Å²) >= 11 is 7.39. The Morgan fingerprint density at radius 2 is 1.56 bits per heavy atom. The first-order valence-corrected chi connectivity index (χ1v) is 11.6. The van der Waals surface area contributed by atoms with Crippen molar-refractivity contribution in [3.8, 4) is 5.75 Å². The largest absolute Gasteiger partial charge is 0.484 e. The summed E-state index contributed by atoms with van der Waals surface area (Å²) in [6.07, 6.45) is 0. The average molecular weight is 499 g/mol. The molecule has 0 saturated carbocycles. The number of amides is 2. The van der Waals surface area contributed by atoms with Crippen molar-refractivity contribution in [2.24, 2.45) is 0 Å². The minimum absolute atomic E-state index is 0.246. The quantitative estimate of drug-likeness (QED) is 0.398. The van der Waals surface area contributed by atoms with Crippen LogP contribution < -0.4 is 15.4 Å². The van der Waals surface area contributed by atoms with Crippen molar-refractivity contribution in [2.45, 2.75) is 22.8 Å². The highest BCUT2D eigenvalue weighted by Crippen LogP contribution is 2.33. The van der Waals surface area contributed by atoms with Crippen molar-refractivity contribution in [1.82, 2.24) is 5.32 Å². The molecule has 9 heteroatoms. The molecular weight excluding hydrogens is 476 g/mol. The van der Waals surface area contributed by atoms with Crippen LogP contribution in [0, 0.1) is 0 Å². The third-order valence-electron chi connectivity index (χ3n) is 4.39. The van der Waals surface area contributed by atoms with Gasteiger partial charge in [0, 0.05) is 14.8 Å². The van der Waals surface area contributed by atoms with Crippen molar-refractivity contribution in [2.75, 3.05) is 18.5 Å². The molecule has 1 atom stereocenters. The zero-order chi connectivity index (χ0) is 24.3. The van der Waals surface area contributed by atoms with Crippen LogP contribution in [0.3, 0.4) is 0 Å². The number of hydrogen-bond donors (Lipinski definition) is 2. The van der Waals surface area contributed by atoms with Crippen LogP contribution in [0.15, 0.2) is 88.7 Å². The predicted molar refractivity (Wildman–Crippen MR) is 131 cm³/mol. The first-order chi connectivity index (χ1) is 16.4. The lowest BCUT2D eigenvalue weighted by molar-refractivity contribution is -0.150. The lowest BCUT2D eigenvalue weighted by Crippen LogP contribution is -2.42. The zero-order valence-electron chi connectivity index (χ0n) is 18.3. The highest BCUT2D eigenvalue weighted by atomic mass is 35.5. The number of benzene rings is 3. The number of para-hydroxylation sites is 2. The second-order valence-electron chi connectivity index (χ2n) is 7.10. The zero-order valence-corrected chi connectivity index (χ0v) is 19.9. The summed E-state index contributed by atoms with van der Waals surface area (Å²) < 4.78 is 10.4. The molecule has 3 aromatic carbocycles. The number of carbonyl (C=O) groups is 3. The van der Waals surface area contributed by atoms with Gasteiger partial charge in [-0.15, -0.1) is 0 Å². The van der Waals surface area contributed by atoms with Crippen LogP contribution in [0.5, 0.6) is 5.75 Å². The van der Waals surface area contributed by atoms with Gasteiger partial charge in [0.25, 0.3) is 11.8 Å². The molecule has 3 aromatic rings. The Morgan fingerprint density at radius 1 is 0.882 bits per heavy atom.